The number of carboxylic acids is 1. The fraction of sp³-hybridized carbons (Fsp3) is 0.778. The zero-order chi connectivity index (χ0) is 23.3. The van der Waals surface area contributed by atoms with Gasteiger partial charge in [-0.1, -0.05) is 13.8 Å². The second-order valence-electron chi connectivity index (χ2n) is 7.04. The molecule has 0 saturated carbocycles. The molecule has 0 aromatic heterocycles. The predicted molar refractivity (Wildman–Crippen MR) is 126 cm³/mol. The SMILES string of the molecule is CSCCC(NC(=O)C(N)CS)C(=O)NC(CCSC)C(=O)NC(C(=O)O)C(C)C. The van der Waals surface area contributed by atoms with Gasteiger partial charge in [0.15, 0.2) is 0 Å². The average Bonchev–Trinajstić information content (AvgIpc) is 2.70. The van der Waals surface area contributed by atoms with Crippen molar-refractivity contribution in [1.82, 2.24) is 16.0 Å². The Labute approximate surface area is 192 Å². The highest BCUT2D eigenvalue weighted by Gasteiger charge is 2.30. The number of carboxylic acid groups (broad SMARTS) is 1. The Morgan fingerprint density at radius 1 is 0.900 bits per heavy atom. The molecule has 0 aliphatic heterocycles. The molecular formula is C18H34N4O5S3. The van der Waals surface area contributed by atoms with Crippen molar-refractivity contribution in [2.75, 3.05) is 29.8 Å². The van der Waals surface area contributed by atoms with Crippen molar-refractivity contribution in [2.45, 2.75) is 50.9 Å². The summed E-state index contributed by atoms with van der Waals surface area (Å²) in [6.07, 6.45) is 4.43. The van der Waals surface area contributed by atoms with Gasteiger partial charge >= 0.3 is 5.97 Å². The minimum Gasteiger partial charge on any atom is -0.480 e. The average molecular weight is 483 g/mol. The van der Waals surface area contributed by atoms with Crippen LogP contribution in [0.3, 0.4) is 0 Å². The van der Waals surface area contributed by atoms with Gasteiger partial charge in [-0.25, -0.2) is 4.79 Å². The number of hydrogen-bond acceptors (Lipinski definition) is 8. The summed E-state index contributed by atoms with van der Waals surface area (Å²) >= 11 is 7.01. The zero-order valence-electron chi connectivity index (χ0n) is 17.8. The standard InChI is InChI=1S/C18H34N4O5S3/c1-10(2)14(18(26)27)22-17(25)13(6-8-30-4)21-16(24)12(5-7-29-3)20-15(23)11(19)9-28/h10-14,28H,5-9,19H2,1-4H3,(H,20,23)(H,21,24)(H,22,25)(H,26,27). The highest BCUT2D eigenvalue weighted by molar-refractivity contribution is 7.98. The van der Waals surface area contributed by atoms with Crippen LogP contribution in [-0.2, 0) is 19.2 Å². The normalized spacial score (nSPS) is 15.0. The van der Waals surface area contributed by atoms with E-state index in [9.17, 15) is 24.3 Å². The molecule has 0 spiro atoms. The summed E-state index contributed by atoms with van der Waals surface area (Å²) in [6.45, 7) is 3.38. The van der Waals surface area contributed by atoms with Crippen LogP contribution in [0.4, 0.5) is 0 Å². The number of thioether (sulfide) groups is 2. The van der Waals surface area contributed by atoms with Gasteiger partial charge in [-0.3, -0.25) is 14.4 Å². The first-order chi connectivity index (χ1) is 14.1. The predicted octanol–water partition coefficient (Wildman–Crippen LogP) is -0.0553. The van der Waals surface area contributed by atoms with Gasteiger partial charge in [0.05, 0.1) is 6.04 Å². The molecule has 0 fully saturated rings. The Morgan fingerprint density at radius 2 is 1.33 bits per heavy atom. The first-order valence-electron chi connectivity index (χ1n) is 9.57. The van der Waals surface area contributed by atoms with Gasteiger partial charge in [-0.05, 0) is 42.8 Å². The molecule has 6 N–H and O–H groups in total. The summed E-state index contributed by atoms with van der Waals surface area (Å²) in [6, 6.07) is -3.69. The van der Waals surface area contributed by atoms with Crippen molar-refractivity contribution in [3.05, 3.63) is 0 Å². The highest BCUT2D eigenvalue weighted by Crippen LogP contribution is 2.08. The van der Waals surface area contributed by atoms with Gasteiger partial charge in [0, 0.05) is 5.75 Å². The minimum atomic E-state index is -1.14. The van der Waals surface area contributed by atoms with E-state index in [0.717, 1.165) is 0 Å². The third kappa shape index (κ3) is 10.8. The van der Waals surface area contributed by atoms with E-state index in [1.807, 2.05) is 12.5 Å². The Bertz CT molecular complexity index is 580. The highest BCUT2D eigenvalue weighted by atomic mass is 32.2. The van der Waals surface area contributed by atoms with E-state index >= 15 is 0 Å². The molecule has 0 aromatic carbocycles. The lowest BCUT2D eigenvalue weighted by molar-refractivity contribution is -0.143. The molecule has 0 radical (unpaired) electrons. The van der Waals surface area contributed by atoms with E-state index in [1.165, 1.54) is 23.5 Å². The largest absolute Gasteiger partial charge is 0.480 e. The van der Waals surface area contributed by atoms with Crippen LogP contribution in [0.2, 0.25) is 0 Å². The number of rotatable bonds is 15. The number of carbonyl (C=O) groups is 4. The molecule has 0 rings (SSSR count). The van der Waals surface area contributed by atoms with E-state index in [0.29, 0.717) is 24.3 Å². The van der Waals surface area contributed by atoms with Crippen molar-refractivity contribution >= 4 is 59.8 Å². The molecule has 0 aromatic rings. The molecule has 174 valence electrons. The van der Waals surface area contributed by atoms with Crippen LogP contribution >= 0.6 is 36.2 Å². The third-order valence-electron chi connectivity index (χ3n) is 4.25. The summed E-state index contributed by atoms with van der Waals surface area (Å²) in [5.74, 6) is -1.70. The molecule has 0 bridgehead atoms. The quantitative estimate of drug-likeness (QED) is 0.178. The van der Waals surface area contributed by atoms with Gasteiger partial charge in [0.1, 0.15) is 18.1 Å². The Balaban J connectivity index is 5.35. The number of carbonyl (C=O) groups excluding carboxylic acids is 3. The number of amides is 3. The van der Waals surface area contributed by atoms with Crippen LogP contribution in [0.1, 0.15) is 26.7 Å². The summed E-state index contributed by atoms with van der Waals surface area (Å²) in [4.78, 5) is 49.0. The van der Waals surface area contributed by atoms with Crippen LogP contribution in [0.25, 0.3) is 0 Å². The lowest BCUT2D eigenvalue weighted by Crippen LogP contribution is -2.58. The molecule has 3 amide bonds. The van der Waals surface area contributed by atoms with Gasteiger partial charge in [0.2, 0.25) is 17.7 Å². The molecule has 0 heterocycles. The lowest BCUT2D eigenvalue weighted by Gasteiger charge is -2.26. The van der Waals surface area contributed by atoms with Crippen LogP contribution in [0.15, 0.2) is 0 Å². The smallest absolute Gasteiger partial charge is 0.326 e. The Hall–Kier alpha value is -1.11. The summed E-state index contributed by atoms with van der Waals surface area (Å²) in [5, 5.41) is 17.1. The number of nitrogens with two attached hydrogens (primary N) is 1. The second kappa shape index (κ2) is 15.7. The molecule has 4 atom stereocenters. The van der Waals surface area contributed by atoms with Gasteiger partial charge in [-0.15, -0.1) is 0 Å². The van der Waals surface area contributed by atoms with Crippen molar-refractivity contribution in [3.8, 4) is 0 Å². The maximum absolute atomic E-state index is 12.8. The zero-order valence-corrected chi connectivity index (χ0v) is 20.4. The van der Waals surface area contributed by atoms with Crippen LogP contribution in [-0.4, -0.2) is 82.7 Å². The monoisotopic (exact) mass is 482 g/mol. The molecule has 4 unspecified atom stereocenters. The molecule has 30 heavy (non-hydrogen) atoms. The molecule has 0 aliphatic rings. The van der Waals surface area contributed by atoms with Crippen molar-refractivity contribution in [3.63, 3.8) is 0 Å². The van der Waals surface area contributed by atoms with E-state index in [2.05, 4.69) is 28.6 Å². The maximum atomic E-state index is 12.8. The van der Waals surface area contributed by atoms with Crippen molar-refractivity contribution < 1.29 is 24.3 Å². The van der Waals surface area contributed by atoms with E-state index < -0.39 is 47.9 Å². The molecule has 12 heteroatoms. The number of hydrogen-bond donors (Lipinski definition) is 6. The van der Waals surface area contributed by atoms with Gasteiger partial charge < -0.3 is 26.8 Å². The third-order valence-corrected chi connectivity index (χ3v) is 5.93. The van der Waals surface area contributed by atoms with Crippen molar-refractivity contribution in [2.24, 2.45) is 11.7 Å². The van der Waals surface area contributed by atoms with E-state index in [4.69, 9.17) is 5.73 Å². The molecule has 0 saturated heterocycles. The van der Waals surface area contributed by atoms with Crippen LogP contribution in [0.5, 0.6) is 0 Å². The summed E-state index contributed by atoms with van der Waals surface area (Å²) in [5.41, 5.74) is 5.67. The van der Waals surface area contributed by atoms with Crippen molar-refractivity contribution in [1.29, 1.82) is 0 Å². The first kappa shape index (κ1) is 28.9. The maximum Gasteiger partial charge on any atom is 0.326 e. The summed E-state index contributed by atoms with van der Waals surface area (Å²) < 4.78 is 0. The lowest BCUT2D eigenvalue weighted by atomic mass is 10.0. The van der Waals surface area contributed by atoms with E-state index in [-0.39, 0.29) is 11.7 Å². The number of thiol groups is 1. The first-order valence-corrected chi connectivity index (χ1v) is 13.0. The fourth-order valence-electron chi connectivity index (χ4n) is 2.41. The Kier molecular flexibility index (Phi) is 15.1. The molecule has 9 nitrogen and oxygen atoms in total. The number of nitrogens with one attached hydrogen (secondary N) is 3. The van der Waals surface area contributed by atoms with E-state index in [1.54, 1.807) is 13.8 Å². The molecular weight excluding hydrogens is 448 g/mol. The second-order valence-corrected chi connectivity index (χ2v) is 9.38. The Morgan fingerprint density at radius 3 is 1.70 bits per heavy atom. The van der Waals surface area contributed by atoms with Crippen LogP contribution < -0.4 is 21.7 Å². The molecule has 0 aliphatic carbocycles. The van der Waals surface area contributed by atoms with Crippen LogP contribution in [0, 0.1) is 5.92 Å². The topological polar surface area (TPSA) is 151 Å². The van der Waals surface area contributed by atoms with Gasteiger partial charge in [0.25, 0.3) is 0 Å². The summed E-state index contributed by atoms with van der Waals surface area (Å²) in [7, 11) is 0. The minimum absolute atomic E-state index is 0.132. The fourth-order valence-corrected chi connectivity index (χ4v) is 3.52. The number of aliphatic carboxylic acids is 1. The van der Waals surface area contributed by atoms with Gasteiger partial charge in [-0.2, -0.15) is 36.2 Å².